The van der Waals surface area contributed by atoms with Gasteiger partial charge in [0, 0.05) is 6.54 Å². The van der Waals surface area contributed by atoms with Crippen LogP contribution < -0.4 is 9.38 Å². The zero-order valence-corrected chi connectivity index (χ0v) is 9.44. The lowest BCUT2D eigenvalue weighted by Crippen LogP contribution is -2.22. The first-order chi connectivity index (χ1) is 7.37. The second-order valence-corrected chi connectivity index (χ2v) is 5.02. The van der Waals surface area contributed by atoms with Gasteiger partial charge in [-0.15, -0.1) is 0 Å². The van der Waals surface area contributed by atoms with Gasteiger partial charge in [-0.2, -0.15) is 0 Å². The van der Waals surface area contributed by atoms with Crippen molar-refractivity contribution in [1.82, 2.24) is 4.72 Å². The third-order valence-electron chi connectivity index (χ3n) is 1.68. The van der Waals surface area contributed by atoms with E-state index in [2.05, 4.69) is 9.38 Å². The molecule has 0 heterocycles. The van der Waals surface area contributed by atoms with E-state index >= 15 is 0 Å². The van der Waals surface area contributed by atoms with Crippen LogP contribution in [0.15, 0.2) is 24.3 Å². The van der Waals surface area contributed by atoms with Gasteiger partial charge in [0.25, 0.3) is 0 Å². The highest BCUT2D eigenvalue weighted by molar-refractivity contribution is 7.88. The van der Waals surface area contributed by atoms with Crippen molar-refractivity contribution >= 4 is 17.3 Å². The van der Waals surface area contributed by atoms with Crippen molar-refractivity contribution in [2.45, 2.75) is 6.54 Å². The fraction of sp³-hybridized carbons (Fsp3) is 0.250. The number of hydrogen-bond donors (Lipinski definition) is 3. The largest absolute Gasteiger partial charge is 0.707 e. The molecule has 0 spiro atoms. The van der Waals surface area contributed by atoms with Gasteiger partial charge < -0.3 is 14.7 Å². The molecule has 6 nitrogen and oxygen atoms in total. The van der Waals surface area contributed by atoms with E-state index in [0.717, 1.165) is 6.26 Å². The molecule has 0 bridgehead atoms. The zero-order valence-electron chi connectivity index (χ0n) is 8.62. The van der Waals surface area contributed by atoms with Crippen LogP contribution in [0.4, 0.5) is 0 Å². The van der Waals surface area contributed by atoms with Gasteiger partial charge in [0.15, 0.2) is 0 Å². The molecule has 0 aliphatic rings. The average molecular weight is 245 g/mol. The summed E-state index contributed by atoms with van der Waals surface area (Å²) in [6, 6.07) is 6.35. The van der Waals surface area contributed by atoms with Crippen LogP contribution in [-0.4, -0.2) is 32.0 Å². The highest BCUT2D eigenvalue weighted by Gasteiger charge is 2.11. The van der Waals surface area contributed by atoms with Crippen LogP contribution in [0.2, 0.25) is 0 Å². The molecule has 0 fully saturated rings. The molecule has 0 saturated carbocycles. The molecule has 8 heteroatoms. The topological polar surface area (TPSA) is 95.9 Å². The molecule has 3 N–H and O–H groups in total. The molecule has 0 amide bonds. The quantitative estimate of drug-likeness (QED) is 0.583. The SMILES string of the molecule is CS(=O)(=O)NCc1cccc(OB(O)O)c1. The van der Waals surface area contributed by atoms with Crippen molar-refractivity contribution in [3.8, 4) is 5.75 Å². The van der Waals surface area contributed by atoms with Crippen molar-refractivity contribution in [3.05, 3.63) is 29.8 Å². The molecule has 0 radical (unpaired) electrons. The summed E-state index contributed by atoms with van der Waals surface area (Å²) in [4.78, 5) is 0. The van der Waals surface area contributed by atoms with Crippen molar-refractivity contribution < 1.29 is 23.1 Å². The van der Waals surface area contributed by atoms with Gasteiger partial charge in [-0.25, -0.2) is 13.1 Å². The maximum absolute atomic E-state index is 10.8. The third-order valence-corrected chi connectivity index (χ3v) is 2.35. The van der Waals surface area contributed by atoms with Gasteiger partial charge in [-0.3, -0.25) is 0 Å². The molecule has 1 aromatic carbocycles. The number of hydrogen-bond acceptors (Lipinski definition) is 5. The van der Waals surface area contributed by atoms with Crippen molar-refractivity contribution in [2.24, 2.45) is 0 Å². The van der Waals surface area contributed by atoms with E-state index < -0.39 is 17.3 Å². The minimum atomic E-state index is -3.25. The Labute approximate surface area is 94.1 Å². The van der Waals surface area contributed by atoms with Crippen LogP contribution in [0.5, 0.6) is 5.75 Å². The van der Waals surface area contributed by atoms with Crippen LogP contribution in [0.1, 0.15) is 5.56 Å². The minimum absolute atomic E-state index is 0.123. The van der Waals surface area contributed by atoms with E-state index in [-0.39, 0.29) is 12.3 Å². The Bertz CT molecular complexity index is 447. The fourth-order valence-electron chi connectivity index (χ4n) is 1.06. The normalized spacial score (nSPS) is 11.2. The first kappa shape index (κ1) is 13.0. The van der Waals surface area contributed by atoms with Gasteiger partial charge in [-0.1, -0.05) is 12.1 Å². The van der Waals surface area contributed by atoms with E-state index in [0.29, 0.717) is 5.56 Å². The zero-order chi connectivity index (χ0) is 12.2. The van der Waals surface area contributed by atoms with Crippen molar-refractivity contribution in [1.29, 1.82) is 0 Å². The van der Waals surface area contributed by atoms with E-state index in [1.165, 1.54) is 12.1 Å². The number of nitrogens with one attached hydrogen (secondary N) is 1. The van der Waals surface area contributed by atoms with Gasteiger partial charge >= 0.3 is 7.32 Å². The molecular weight excluding hydrogens is 233 g/mol. The first-order valence-corrected chi connectivity index (χ1v) is 6.32. The molecule has 16 heavy (non-hydrogen) atoms. The van der Waals surface area contributed by atoms with Crippen molar-refractivity contribution in [3.63, 3.8) is 0 Å². The van der Waals surface area contributed by atoms with E-state index in [1.54, 1.807) is 12.1 Å². The summed E-state index contributed by atoms with van der Waals surface area (Å²) < 4.78 is 28.6. The molecule has 0 aliphatic carbocycles. The smallest absolute Gasteiger partial charge is 0.512 e. The van der Waals surface area contributed by atoms with Crippen LogP contribution >= 0.6 is 0 Å². The fourth-order valence-corrected chi connectivity index (χ4v) is 1.49. The molecule has 88 valence electrons. The second kappa shape index (κ2) is 5.31. The number of rotatable bonds is 5. The Balaban J connectivity index is 2.67. The van der Waals surface area contributed by atoms with Crippen LogP contribution in [0.3, 0.4) is 0 Å². The standard InChI is InChI=1S/C8H12BNO5S/c1-16(13,14)10-6-7-3-2-4-8(5-7)15-9(11)12/h2-5,10-12H,6H2,1H3. The summed E-state index contributed by atoms with van der Waals surface area (Å²) in [7, 11) is -5.14. The van der Waals surface area contributed by atoms with E-state index in [1.807, 2.05) is 0 Å². The lowest BCUT2D eigenvalue weighted by atomic mass is 10.2. The van der Waals surface area contributed by atoms with Gasteiger partial charge in [0.1, 0.15) is 5.75 Å². The van der Waals surface area contributed by atoms with Gasteiger partial charge in [0.05, 0.1) is 6.26 Å². The Kier molecular flexibility index (Phi) is 4.31. The molecule has 1 aromatic rings. The summed E-state index contributed by atoms with van der Waals surface area (Å²) in [5.41, 5.74) is 0.656. The van der Waals surface area contributed by atoms with Gasteiger partial charge in [-0.05, 0) is 17.7 Å². The van der Waals surface area contributed by atoms with Gasteiger partial charge in [0.2, 0.25) is 10.0 Å². The maximum Gasteiger partial charge on any atom is 0.707 e. The van der Waals surface area contributed by atoms with Crippen LogP contribution in [0, 0.1) is 0 Å². The number of benzene rings is 1. The summed E-state index contributed by atoms with van der Waals surface area (Å²) in [6.07, 6.45) is 1.06. The highest BCUT2D eigenvalue weighted by Crippen LogP contribution is 2.13. The first-order valence-electron chi connectivity index (χ1n) is 4.43. The van der Waals surface area contributed by atoms with E-state index in [9.17, 15) is 8.42 Å². The molecule has 0 unspecified atom stereocenters. The Hall–Kier alpha value is -1.09. The monoisotopic (exact) mass is 245 g/mol. The molecule has 0 saturated heterocycles. The van der Waals surface area contributed by atoms with Crippen molar-refractivity contribution in [2.75, 3.05) is 6.26 Å². The summed E-state index contributed by atoms with van der Waals surface area (Å²) in [6.45, 7) is 0.123. The van der Waals surface area contributed by atoms with Crippen LogP contribution in [0.25, 0.3) is 0 Å². The molecule has 0 aliphatic heterocycles. The Morgan fingerprint density at radius 3 is 2.69 bits per heavy atom. The maximum atomic E-state index is 10.8. The molecule has 0 aromatic heterocycles. The second-order valence-electron chi connectivity index (χ2n) is 3.18. The lowest BCUT2D eigenvalue weighted by Gasteiger charge is -2.07. The summed E-state index contributed by atoms with van der Waals surface area (Å²) in [5.74, 6) is 0.253. The summed E-state index contributed by atoms with van der Waals surface area (Å²) in [5, 5.41) is 17.2. The Morgan fingerprint density at radius 1 is 1.44 bits per heavy atom. The molecule has 1 rings (SSSR count). The average Bonchev–Trinajstić information content (AvgIpc) is 2.13. The predicted molar refractivity (Wildman–Crippen MR) is 58.9 cm³/mol. The molecule has 0 atom stereocenters. The molecular formula is C8H12BNO5S. The predicted octanol–water partition coefficient (Wildman–Crippen LogP) is -0.916. The van der Waals surface area contributed by atoms with E-state index in [4.69, 9.17) is 10.0 Å². The lowest BCUT2D eigenvalue weighted by molar-refractivity contribution is 0.288. The van der Waals surface area contributed by atoms with Crippen LogP contribution in [-0.2, 0) is 16.6 Å². The highest BCUT2D eigenvalue weighted by atomic mass is 32.2. The number of sulfonamides is 1. The summed E-state index contributed by atoms with van der Waals surface area (Å²) >= 11 is 0. The third kappa shape index (κ3) is 5.12. The Morgan fingerprint density at radius 2 is 2.12 bits per heavy atom. The minimum Gasteiger partial charge on any atom is -0.512 e.